The van der Waals surface area contributed by atoms with E-state index in [0.29, 0.717) is 28.5 Å². The molecule has 0 fully saturated rings. The fraction of sp³-hybridized carbons (Fsp3) is 0.400. The van der Waals surface area contributed by atoms with Crippen LogP contribution in [0.5, 0.6) is 5.75 Å². The smallest absolute Gasteiger partial charge is 0.347 e. The van der Waals surface area contributed by atoms with Crippen LogP contribution in [-0.2, 0) is 17.7 Å². The number of aromatic nitrogens is 2. The highest BCUT2D eigenvalue weighted by molar-refractivity contribution is 9.10. The molecule has 3 aromatic rings. The van der Waals surface area contributed by atoms with Gasteiger partial charge in [0.15, 0.2) is 11.3 Å². The van der Waals surface area contributed by atoms with Crippen molar-refractivity contribution in [2.24, 2.45) is 0 Å². The molecular weight excluding hydrogens is 507 g/mol. The summed E-state index contributed by atoms with van der Waals surface area (Å²) in [6.45, 7) is 5.55. The number of hydrogen-bond acceptors (Lipinski definition) is 6. The third-order valence-electron chi connectivity index (χ3n) is 5.21. The summed E-state index contributed by atoms with van der Waals surface area (Å²) in [4.78, 5) is 30.9. The molecule has 1 atom stereocenters. The van der Waals surface area contributed by atoms with Gasteiger partial charge in [-0.15, -0.1) is 0 Å². The number of pyridine rings is 2. The molecule has 2 aromatic heterocycles. The number of fused-ring (bicyclic) bond motifs is 1. The average molecular weight is 535 g/mol. The molecular formula is C25H28BrFN2O5. The third kappa shape index (κ3) is 5.64. The zero-order valence-electron chi connectivity index (χ0n) is 19.4. The van der Waals surface area contributed by atoms with Gasteiger partial charge < -0.3 is 19.1 Å². The number of ether oxygens (including phenoxy) is 2. The number of nitrogens with zero attached hydrogens (tertiary/aromatic N) is 2. The van der Waals surface area contributed by atoms with Gasteiger partial charge >= 0.3 is 5.97 Å². The number of esters is 1. The lowest BCUT2D eigenvalue weighted by Crippen LogP contribution is -2.32. The van der Waals surface area contributed by atoms with Crippen LogP contribution < -0.4 is 10.3 Å². The Bertz CT molecular complexity index is 1220. The van der Waals surface area contributed by atoms with Crippen LogP contribution in [-0.4, -0.2) is 39.9 Å². The van der Waals surface area contributed by atoms with Gasteiger partial charge in [0.2, 0.25) is 0 Å². The lowest BCUT2D eigenvalue weighted by atomic mass is 10.0. The first-order chi connectivity index (χ1) is 16.3. The molecule has 3 rings (SSSR count). The number of hydrogen-bond donors (Lipinski definition) is 1. The van der Waals surface area contributed by atoms with Crippen molar-refractivity contribution in [1.29, 1.82) is 0 Å². The number of carbonyl (C=O) groups is 1. The topological polar surface area (TPSA) is 90.7 Å². The fourth-order valence-corrected chi connectivity index (χ4v) is 4.25. The van der Waals surface area contributed by atoms with Crippen LogP contribution in [0, 0.1) is 5.82 Å². The second-order valence-corrected chi connectivity index (χ2v) is 8.78. The van der Waals surface area contributed by atoms with Crippen LogP contribution >= 0.6 is 15.9 Å². The van der Waals surface area contributed by atoms with Crippen molar-refractivity contribution < 1.29 is 23.8 Å². The van der Waals surface area contributed by atoms with E-state index in [9.17, 15) is 19.1 Å². The zero-order chi connectivity index (χ0) is 24.8. The van der Waals surface area contributed by atoms with E-state index in [2.05, 4.69) is 20.9 Å². The van der Waals surface area contributed by atoms with Crippen LogP contribution in [0.15, 0.2) is 39.7 Å². The monoisotopic (exact) mass is 534 g/mol. The highest BCUT2D eigenvalue weighted by Crippen LogP contribution is 2.34. The molecule has 0 aliphatic rings. The minimum Gasteiger partial charge on any atom is -0.490 e. The summed E-state index contributed by atoms with van der Waals surface area (Å²) in [6.07, 6.45) is 2.79. The Hall–Kier alpha value is -2.78. The molecule has 1 aromatic carbocycles. The van der Waals surface area contributed by atoms with Crippen molar-refractivity contribution in [3.63, 3.8) is 0 Å². The Balaban J connectivity index is 2.28. The van der Waals surface area contributed by atoms with Crippen LogP contribution in [0.1, 0.15) is 55.1 Å². The molecule has 0 aliphatic heterocycles. The minimum atomic E-state index is -0.865. The molecule has 0 bridgehead atoms. The fourth-order valence-electron chi connectivity index (χ4n) is 3.61. The molecule has 7 nitrogen and oxygen atoms in total. The summed E-state index contributed by atoms with van der Waals surface area (Å²) in [5.74, 6) is -1.05. The van der Waals surface area contributed by atoms with Crippen molar-refractivity contribution in [1.82, 2.24) is 9.55 Å². The first-order valence-corrected chi connectivity index (χ1v) is 12.0. The van der Waals surface area contributed by atoms with E-state index in [-0.39, 0.29) is 30.3 Å². The largest absolute Gasteiger partial charge is 0.490 e. The Labute approximate surface area is 205 Å². The summed E-state index contributed by atoms with van der Waals surface area (Å²) in [6, 6.07) is 6.12. The van der Waals surface area contributed by atoms with E-state index in [1.54, 1.807) is 32.2 Å². The average Bonchev–Trinajstić information content (AvgIpc) is 2.79. The lowest BCUT2D eigenvalue weighted by Gasteiger charge is -2.20. The van der Waals surface area contributed by atoms with Crippen LogP contribution in [0.25, 0.3) is 11.0 Å². The number of halogens is 2. The van der Waals surface area contributed by atoms with Crippen molar-refractivity contribution in [3.8, 4) is 5.75 Å². The number of rotatable bonds is 10. The molecule has 0 aliphatic carbocycles. The summed E-state index contributed by atoms with van der Waals surface area (Å²) >= 11 is 3.61. The Morgan fingerprint density at radius 2 is 1.97 bits per heavy atom. The van der Waals surface area contributed by atoms with Gasteiger partial charge in [-0.2, -0.15) is 0 Å². The van der Waals surface area contributed by atoms with Crippen molar-refractivity contribution in [2.75, 3.05) is 13.2 Å². The number of aliphatic hydroxyl groups is 1. The molecule has 2 heterocycles. The van der Waals surface area contributed by atoms with Crippen molar-refractivity contribution in [2.45, 2.75) is 52.7 Å². The quantitative estimate of drug-likeness (QED) is 0.301. The summed E-state index contributed by atoms with van der Waals surface area (Å²) in [5, 5.41) is 10.1. The van der Waals surface area contributed by atoms with E-state index >= 15 is 0 Å². The first kappa shape index (κ1) is 25.8. The molecule has 1 unspecified atom stereocenters. The maximum Gasteiger partial charge on any atom is 0.347 e. The predicted octanol–water partition coefficient (Wildman–Crippen LogP) is 4.63. The summed E-state index contributed by atoms with van der Waals surface area (Å²) in [5.41, 5.74) is 1.47. The van der Waals surface area contributed by atoms with Gasteiger partial charge in [0.25, 0.3) is 5.56 Å². The molecule has 182 valence electrons. The van der Waals surface area contributed by atoms with Crippen LogP contribution in [0.3, 0.4) is 0 Å². The van der Waals surface area contributed by atoms with Gasteiger partial charge in [-0.1, -0.05) is 25.5 Å². The number of carbonyl (C=O) groups excluding carboxylic acids is 1. The molecule has 0 saturated heterocycles. The molecule has 0 spiro atoms. The van der Waals surface area contributed by atoms with Crippen LogP contribution in [0.4, 0.5) is 4.39 Å². The molecule has 0 amide bonds. The van der Waals surface area contributed by atoms with Gasteiger partial charge in [-0.3, -0.25) is 9.78 Å². The molecule has 0 saturated carbocycles. The predicted molar refractivity (Wildman–Crippen MR) is 131 cm³/mol. The highest BCUT2D eigenvalue weighted by atomic mass is 79.9. The third-order valence-corrected chi connectivity index (χ3v) is 6.10. The second kappa shape index (κ2) is 11.6. The number of aliphatic hydroxyl groups excluding tert-OH is 1. The molecule has 1 N–H and O–H groups in total. The Kier molecular flexibility index (Phi) is 8.79. The minimum absolute atomic E-state index is 0.0583. The van der Waals surface area contributed by atoms with E-state index in [0.717, 1.165) is 24.0 Å². The van der Waals surface area contributed by atoms with Gasteiger partial charge in [0.05, 0.1) is 31.4 Å². The highest BCUT2D eigenvalue weighted by Gasteiger charge is 2.28. The van der Waals surface area contributed by atoms with Gasteiger partial charge in [0.1, 0.15) is 11.3 Å². The summed E-state index contributed by atoms with van der Waals surface area (Å²) < 4.78 is 26.3. The zero-order valence-corrected chi connectivity index (χ0v) is 21.0. The van der Waals surface area contributed by atoms with E-state index < -0.39 is 17.6 Å². The molecule has 0 radical (unpaired) electrons. The Morgan fingerprint density at radius 1 is 1.26 bits per heavy atom. The second-order valence-electron chi connectivity index (χ2n) is 7.99. The lowest BCUT2D eigenvalue weighted by molar-refractivity contribution is 0.0518. The normalized spacial score (nSPS) is 12.1. The van der Waals surface area contributed by atoms with Gasteiger partial charge in [-0.05, 0) is 59.5 Å². The van der Waals surface area contributed by atoms with E-state index in [4.69, 9.17) is 9.47 Å². The first-order valence-electron chi connectivity index (χ1n) is 11.2. The van der Waals surface area contributed by atoms with Crippen molar-refractivity contribution >= 4 is 32.9 Å². The van der Waals surface area contributed by atoms with Crippen molar-refractivity contribution in [3.05, 3.63) is 67.8 Å². The van der Waals surface area contributed by atoms with E-state index in [1.807, 2.05) is 6.92 Å². The van der Waals surface area contributed by atoms with Crippen LogP contribution in [0.2, 0.25) is 0 Å². The number of unbranched alkanes of at least 4 members (excludes halogenated alkanes) is 1. The number of benzene rings is 1. The standard InChI is InChI=1S/C25H28BrFN2O5/c1-4-6-11-34-23-19(25(32)33-5-2)24(31)29(14-15(3)30)22-20(26)17(13-28-21(22)23)12-16-7-9-18(27)10-8-16/h7-10,13,15,30H,4-6,11-12,14H2,1-3H3. The summed E-state index contributed by atoms with van der Waals surface area (Å²) in [7, 11) is 0. The van der Waals surface area contributed by atoms with Gasteiger partial charge in [-0.25, -0.2) is 9.18 Å². The maximum absolute atomic E-state index is 13.5. The maximum atomic E-state index is 13.5. The molecule has 34 heavy (non-hydrogen) atoms. The Morgan fingerprint density at radius 3 is 2.59 bits per heavy atom. The SMILES string of the molecule is CCCCOc1c(C(=O)OCC)c(=O)n(CC(C)O)c2c(Br)c(Cc3ccc(F)cc3)cnc12. The van der Waals surface area contributed by atoms with E-state index in [1.165, 1.54) is 16.7 Å². The molecule has 9 heteroatoms. The van der Waals surface area contributed by atoms with Gasteiger partial charge in [0, 0.05) is 17.1 Å².